The molecule has 2 fully saturated rings. The van der Waals surface area contributed by atoms with E-state index in [9.17, 15) is 4.79 Å². The second-order valence-corrected chi connectivity index (χ2v) is 11.9. The summed E-state index contributed by atoms with van der Waals surface area (Å²) in [4.78, 5) is 17.0. The topological polar surface area (TPSA) is 58.8 Å². The van der Waals surface area contributed by atoms with E-state index in [1.54, 1.807) is 0 Å². The van der Waals surface area contributed by atoms with Crippen molar-refractivity contribution in [1.82, 2.24) is 15.0 Å². The standard InChI is InChI=1S/C29H38ClN3O3/c1-32-17-24(29(34)35-2)21-11-9-20(16-26(21)32)33-14-12-18(13-15-33)6-10-23-27(22-4-3-5-25(22)30)31-36-28(23)19-7-8-19/h4,16-19,21,25-26H,3,5-15H2,1-2H3/t21?,25-,26?/m0/s1. The number of aromatic nitrogens is 1. The number of rotatable bonds is 7. The molecular weight excluding hydrogens is 474 g/mol. The molecule has 2 unspecified atom stereocenters. The minimum atomic E-state index is -0.182. The molecule has 2 aliphatic heterocycles. The Hall–Kier alpha value is -2.21. The predicted molar refractivity (Wildman–Crippen MR) is 140 cm³/mol. The van der Waals surface area contributed by atoms with Crippen molar-refractivity contribution in [3.8, 4) is 0 Å². The van der Waals surface area contributed by atoms with Crippen LogP contribution in [0.4, 0.5) is 0 Å². The van der Waals surface area contributed by atoms with Crippen molar-refractivity contribution in [2.75, 3.05) is 27.2 Å². The molecule has 6 nitrogen and oxygen atoms in total. The van der Waals surface area contributed by atoms with Crippen LogP contribution in [0, 0.1) is 11.8 Å². The third kappa shape index (κ3) is 4.51. The highest BCUT2D eigenvalue weighted by atomic mass is 35.5. The number of esters is 1. The summed E-state index contributed by atoms with van der Waals surface area (Å²) in [6, 6.07) is 0.268. The minimum Gasteiger partial charge on any atom is -0.466 e. The zero-order valence-corrected chi connectivity index (χ0v) is 22.3. The number of fused-ring (bicyclic) bond motifs is 1. The number of ether oxygens (including phenoxy) is 1. The van der Waals surface area contributed by atoms with Gasteiger partial charge in [-0.25, -0.2) is 4.79 Å². The summed E-state index contributed by atoms with van der Waals surface area (Å²) in [5, 5.41) is 4.59. The first-order chi connectivity index (χ1) is 17.5. The van der Waals surface area contributed by atoms with E-state index in [4.69, 9.17) is 20.9 Å². The molecule has 0 N–H and O–H groups in total. The molecule has 36 heavy (non-hydrogen) atoms. The van der Waals surface area contributed by atoms with Crippen molar-refractivity contribution in [3.05, 3.63) is 46.6 Å². The maximum atomic E-state index is 12.2. The first-order valence-corrected chi connectivity index (χ1v) is 14.3. The summed E-state index contributed by atoms with van der Waals surface area (Å²) < 4.78 is 10.9. The lowest BCUT2D eigenvalue weighted by molar-refractivity contribution is -0.136. The molecule has 194 valence electrons. The number of carbonyl (C=O) groups excluding carboxylic acids is 1. The zero-order valence-electron chi connectivity index (χ0n) is 21.5. The predicted octanol–water partition coefficient (Wildman–Crippen LogP) is 5.65. The number of alkyl halides is 1. The molecule has 1 aromatic heterocycles. The molecule has 0 bridgehead atoms. The molecule has 3 atom stereocenters. The fraction of sp³-hybridized carbons (Fsp3) is 0.655. The highest BCUT2D eigenvalue weighted by Gasteiger charge is 2.39. The van der Waals surface area contributed by atoms with Crippen LogP contribution in [0.3, 0.4) is 0 Å². The van der Waals surface area contributed by atoms with Gasteiger partial charge in [0.25, 0.3) is 0 Å². The molecule has 1 aromatic rings. The van der Waals surface area contributed by atoms with E-state index in [0.29, 0.717) is 5.92 Å². The number of nitrogens with zero attached hydrogens (tertiary/aromatic N) is 3. The molecule has 0 aromatic carbocycles. The van der Waals surface area contributed by atoms with Crippen LogP contribution in [0.5, 0.6) is 0 Å². The van der Waals surface area contributed by atoms with E-state index in [1.807, 2.05) is 6.20 Å². The Morgan fingerprint density at radius 3 is 2.69 bits per heavy atom. The lowest BCUT2D eigenvalue weighted by atomic mass is 9.83. The molecule has 3 aliphatic carbocycles. The Labute approximate surface area is 219 Å². The summed E-state index contributed by atoms with van der Waals surface area (Å²) in [7, 11) is 3.55. The molecule has 0 radical (unpaired) electrons. The number of hydrogen-bond donors (Lipinski definition) is 0. The second-order valence-electron chi connectivity index (χ2n) is 11.4. The largest absolute Gasteiger partial charge is 0.466 e. The Morgan fingerprint density at radius 1 is 1.19 bits per heavy atom. The molecule has 6 rings (SSSR count). The molecule has 3 heterocycles. The maximum Gasteiger partial charge on any atom is 0.335 e. The van der Waals surface area contributed by atoms with Gasteiger partial charge in [-0.15, -0.1) is 11.6 Å². The molecule has 1 saturated carbocycles. The van der Waals surface area contributed by atoms with E-state index < -0.39 is 0 Å². The fourth-order valence-corrected chi connectivity index (χ4v) is 7.14. The van der Waals surface area contributed by atoms with Crippen molar-refractivity contribution >= 4 is 23.1 Å². The highest BCUT2D eigenvalue weighted by Crippen LogP contribution is 2.46. The quantitative estimate of drug-likeness (QED) is 0.348. The van der Waals surface area contributed by atoms with E-state index in [0.717, 1.165) is 68.1 Å². The van der Waals surface area contributed by atoms with Gasteiger partial charge in [0.15, 0.2) is 0 Å². The van der Waals surface area contributed by atoms with Gasteiger partial charge in [-0.1, -0.05) is 11.2 Å². The average molecular weight is 512 g/mol. The monoisotopic (exact) mass is 511 g/mol. The van der Waals surface area contributed by atoms with Gasteiger partial charge < -0.3 is 19.1 Å². The van der Waals surface area contributed by atoms with Crippen molar-refractivity contribution < 1.29 is 14.1 Å². The lowest BCUT2D eigenvalue weighted by Crippen LogP contribution is -2.38. The fourth-order valence-electron chi connectivity index (χ4n) is 6.83. The summed E-state index contributed by atoms with van der Waals surface area (Å²) in [6.07, 6.45) is 17.9. The van der Waals surface area contributed by atoms with Crippen LogP contribution in [0.25, 0.3) is 5.57 Å². The van der Waals surface area contributed by atoms with Crippen LogP contribution in [0.15, 0.2) is 34.1 Å². The number of methoxy groups -OCH3 is 1. The van der Waals surface area contributed by atoms with Crippen LogP contribution in [-0.2, 0) is 16.0 Å². The molecular formula is C29H38ClN3O3. The van der Waals surface area contributed by atoms with Gasteiger partial charge in [0.2, 0.25) is 0 Å². The van der Waals surface area contributed by atoms with Crippen LogP contribution < -0.4 is 0 Å². The summed E-state index contributed by atoms with van der Waals surface area (Å²) >= 11 is 6.61. The molecule has 5 aliphatic rings. The number of piperidine rings is 1. The van der Waals surface area contributed by atoms with Gasteiger partial charge in [-0.05, 0) is 81.8 Å². The summed E-state index contributed by atoms with van der Waals surface area (Å²) in [6.45, 7) is 2.24. The van der Waals surface area contributed by atoms with Crippen molar-refractivity contribution in [2.24, 2.45) is 11.8 Å². The molecule has 0 spiro atoms. The lowest BCUT2D eigenvalue weighted by Gasteiger charge is -2.39. The van der Waals surface area contributed by atoms with Crippen molar-refractivity contribution in [3.63, 3.8) is 0 Å². The van der Waals surface area contributed by atoms with E-state index in [-0.39, 0.29) is 23.3 Å². The zero-order chi connectivity index (χ0) is 24.8. The van der Waals surface area contributed by atoms with Crippen molar-refractivity contribution in [1.29, 1.82) is 0 Å². The number of hydrogen-bond acceptors (Lipinski definition) is 6. The van der Waals surface area contributed by atoms with E-state index >= 15 is 0 Å². The SMILES string of the molecule is COC(=O)C1=CN(C)C2C=C(N3CCC(CCc4c(C5=CCC[C@@H]5Cl)noc4C4CC4)CC3)CCC12. The van der Waals surface area contributed by atoms with Crippen LogP contribution in [0.1, 0.15) is 80.7 Å². The number of halogens is 1. The number of allylic oxidation sites excluding steroid dienone is 3. The number of likely N-dealkylation sites (N-methyl/N-ethyl adjacent to an activating group) is 1. The van der Waals surface area contributed by atoms with Gasteiger partial charge in [0, 0.05) is 49.4 Å². The van der Waals surface area contributed by atoms with Gasteiger partial charge in [-0.3, -0.25) is 0 Å². The molecule has 1 saturated heterocycles. The first kappa shape index (κ1) is 24.1. The smallest absolute Gasteiger partial charge is 0.335 e. The van der Waals surface area contributed by atoms with Gasteiger partial charge in [0.1, 0.15) is 11.5 Å². The Morgan fingerprint density at radius 2 is 2.00 bits per heavy atom. The number of likely N-dealkylation sites (tertiary alicyclic amines) is 1. The first-order valence-electron chi connectivity index (χ1n) is 13.8. The second kappa shape index (κ2) is 9.92. The maximum absolute atomic E-state index is 12.2. The van der Waals surface area contributed by atoms with E-state index in [1.165, 1.54) is 56.0 Å². The minimum absolute atomic E-state index is 0.0744. The van der Waals surface area contributed by atoms with E-state index in [2.05, 4.69) is 34.2 Å². The Bertz CT molecular complexity index is 1090. The Kier molecular flexibility index (Phi) is 6.65. The average Bonchev–Trinajstić information content (AvgIpc) is 3.38. The van der Waals surface area contributed by atoms with Crippen LogP contribution in [0.2, 0.25) is 0 Å². The van der Waals surface area contributed by atoms with Gasteiger partial charge in [0.05, 0.1) is 24.1 Å². The third-order valence-electron chi connectivity index (χ3n) is 9.11. The third-order valence-corrected chi connectivity index (χ3v) is 9.56. The highest BCUT2D eigenvalue weighted by molar-refractivity contribution is 6.26. The normalized spacial score (nSPS) is 28.6. The molecule has 7 heteroatoms. The van der Waals surface area contributed by atoms with Gasteiger partial charge in [-0.2, -0.15) is 0 Å². The summed E-state index contributed by atoms with van der Waals surface area (Å²) in [5.74, 6) is 2.52. The van der Waals surface area contributed by atoms with Gasteiger partial charge >= 0.3 is 5.97 Å². The van der Waals surface area contributed by atoms with Crippen LogP contribution >= 0.6 is 11.6 Å². The van der Waals surface area contributed by atoms with Crippen molar-refractivity contribution in [2.45, 2.75) is 81.5 Å². The number of carbonyl (C=O) groups is 1. The summed E-state index contributed by atoms with van der Waals surface area (Å²) in [5.41, 5.74) is 5.87. The Balaban J connectivity index is 1.06. The van der Waals surface area contributed by atoms with Crippen LogP contribution in [-0.4, -0.2) is 59.6 Å². The molecule has 0 amide bonds.